The van der Waals surface area contributed by atoms with Crippen molar-refractivity contribution >= 4 is 5.97 Å². The van der Waals surface area contributed by atoms with Crippen LogP contribution in [0.4, 0.5) is 0 Å². The van der Waals surface area contributed by atoms with Crippen LogP contribution in [0, 0.1) is 0 Å². The van der Waals surface area contributed by atoms with Crippen LogP contribution in [0.2, 0.25) is 0 Å². The number of carbonyl (C=O) groups is 1. The molecule has 152 valence electrons. The maximum absolute atomic E-state index is 12.0. The van der Waals surface area contributed by atoms with Crippen LogP contribution in [0.3, 0.4) is 0 Å². The lowest BCUT2D eigenvalue weighted by molar-refractivity contribution is 0.0521. The van der Waals surface area contributed by atoms with Crippen LogP contribution < -0.4 is 0 Å². The molecule has 27 heavy (non-hydrogen) atoms. The number of ether oxygens (including phenoxy) is 1. The molecule has 0 aliphatic carbocycles. The molecule has 0 aromatic heterocycles. The van der Waals surface area contributed by atoms with E-state index >= 15 is 0 Å². The summed E-state index contributed by atoms with van der Waals surface area (Å²) in [4.78, 5) is 12.0. The number of aromatic hydroxyl groups is 1. The molecule has 0 aliphatic heterocycles. The Kier molecular flexibility index (Phi) is 13.2. The van der Waals surface area contributed by atoms with Crippen molar-refractivity contribution in [2.24, 2.45) is 0 Å². The maximum Gasteiger partial charge on any atom is 0.342 e. The van der Waals surface area contributed by atoms with E-state index in [0.29, 0.717) is 12.2 Å². The summed E-state index contributed by atoms with van der Waals surface area (Å²) >= 11 is 0. The smallest absolute Gasteiger partial charge is 0.342 e. The normalized spacial score (nSPS) is 11.2. The van der Waals surface area contributed by atoms with Crippen molar-refractivity contribution in [3.8, 4) is 5.75 Å². The Hall–Kier alpha value is -1.77. The standard InChI is InChI=1S/C24H38O3/c1-3-5-6-7-8-9-10-11-12-13-14-15-16-18-21-19-17-20-22(25)23(21)24(26)27-4-2/h9-10,17,19-20,25H,3-8,11-16,18H2,1-2H3/b10-9-. The van der Waals surface area contributed by atoms with Crippen molar-refractivity contribution in [1.29, 1.82) is 0 Å². The predicted octanol–water partition coefficient (Wildman–Crippen LogP) is 6.98. The van der Waals surface area contributed by atoms with Gasteiger partial charge in [-0.15, -0.1) is 0 Å². The topological polar surface area (TPSA) is 46.5 Å². The first-order valence-corrected chi connectivity index (χ1v) is 10.8. The molecule has 0 heterocycles. The lowest BCUT2D eigenvalue weighted by atomic mass is 9.99. The molecule has 1 aromatic rings. The zero-order chi connectivity index (χ0) is 19.7. The van der Waals surface area contributed by atoms with Crippen molar-refractivity contribution in [3.05, 3.63) is 41.5 Å². The summed E-state index contributed by atoms with van der Waals surface area (Å²) in [5, 5.41) is 9.98. The second-order valence-electron chi connectivity index (χ2n) is 7.16. The van der Waals surface area contributed by atoms with Crippen LogP contribution in [-0.2, 0) is 11.2 Å². The molecule has 0 atom stereocenters. The van der Waals surface area contributed by atoms with Crippen LogP contribution in [0.1, 0.15) is 100 Å². The van der Waals surface area contributed by atoms with Gasteiger partial charge in [-0.05, 0) is 57.1 Å². The van der Waals surface area contributed by atoms with Crippen LogP contribution in [-0.4, -0.2) is 17.7 Å². The number of phenolic OH excluding ortho intramolecular Hbond substituents is 1. The highest BCUT2D eigenvalue weighted by Crippen LogP contribution is 2.24. The quantitative estimate of drug-likeness (QED) is 0.205. The molecule has 0 amide bonds. The summed E-state index contributed by atoms with van der Waals surface area (Å²) in [5.41, 5.74) is 1.22. The van der Waals surface area contributed by atoms with Gasteiger partial charge in [0.1, 0.15) is 11.3 Å². The minimum Gasteiger partial charge on any atom is -0.507 e. The van der Waals surface area contributed by atoms with Crippen molar-refractivity contribution in [2.45, 2.75) is 90.9 Å². The second kappa shape index (κ2) is 15.3. The van der Waals surface area contributed by atoms with Gasteiger partial charge in [0.15, 0.2) is 0 Å². The average molecular weight is 375 g/mol. The van der Waals surface area contributed by atoms with Gasteiger partial charge in [-0.1, -0.05) is 69.7 Å². The Morgan fingerprint density at radius 2 is 1.56 bits per heavy atom. The number of allylic oxidation sites excluding steroid dienone is 2. The highest BCUT2D eigenvalue weighted by Gasteiger charge is 2.16. The monoisotopic (exact) mass is 374 g/mol. The summed E-state index contributed by atoms with van der Waals surface area (Å²) in [5.74, 6) is -0.403. The molecule has 1 aromatic carbocycles. The van der Waals surface area contributed by atoms with Crippen LogP contribution in [0.5, 0.6) is 5.75 Å². The number of aryl methyl sites for hydroxylation is 1. The molecule has 0 bridgehead atoms. The average Bonchev–Trinajstić information content (AvgIpc) is 2.65. The zero-order valence-electron chi connectivity index (χ0n) is 17.3. The van der Waals surface area contributed by atoms with Crippen LogP contribution in [0.25, 0.3) is 0 Å². The van der Waals surface area contributed by atoms with Crippen molar-refractivity contribution in [3.63, 3.8) is 0 Å². The number of hydrogen-bond donors (Lipinski definition) is 1. The first kappa shape index (κ1) is 23.3. The summed E-state index contributed by atoms with van der Waals surface area (Å²) in [6, 6.07) is 5.26. The third-order valence-corrected chi connectivity index (χ3v) is 4.82. The van der Waals surface area contributed by atoms with Gasteiger partial charge in [-0.25, -0.2) is 4.79 Å². The molecule has 0 radical (unpaired) electrons. The predicted molar refractivity (Wildman–Crippen MR) is 113 cm³/mol. The van der Waals surface area contributed by atoms with E-state index < -0.39 is 5.97 Å². The Morgan fingerprint density at radius 1 is 0.926 bits per heavy atom. The maximum atomic E-state index is 12.0. The summed E-state index contributed by atoms with van der Waals surface area (Å²) in [7, 11) is 0. The number of esters is 1. The first-order valence-electron chi connectivity index (χ1n) is 10.8. The molecular weight excluding hydrogens is 336 g/mol. The third kappa shape index (κ3) is 10.2. The highest BCUT2D eigenvalue weighted by atomic mass is 16.5. The van der Waals surface area contributed by atoms with Gasteiger partial charge in [0.2, 0.25) is 0 Å². The lowest BCUT2D eigenvalue weighted by Crippen LogP contribution is -2.08. The van der Waals surface area contributed by atoms with Gasteiger partial charge in [0.25, 0.3) is 0 Å². The van der Waals surface area contributed by atoms with Crippen LogP contribution >= 0.6 is 0 Å². The largest absolute Gasteiger partial charge is 0.507 e. The third-order valence-electron chi connectivity index (χ3n) is 4.82. The van der Waals surface area contributed by atoms with Crippen LogP contribution in [0.15, 0.2) is 30.4 Å². The zero-order valence-corrected chi connectivity index (χ0v) is 17.3. The number of benzene rings is 1. The van der Waals surface area contributed by atoms with E-state index in [1.807, 2.05) is 6.07 Å². The van der Waals surface area contributed by atoms with Gasteiger partial charge >= 0.3 is 5.97 Å². The van der Waals surface area contributed by atoms with Crippen molar-refractivity contribution < 1.29 is 14.6 Å². The lowest BCUT2D eigenvalue weighted by Gasteiger charge is -2.10. The Morgan fingerprint density at radius 3 is 2.22 bits per heavy atom. The Labute approximate surface area is 165 Å². The summed E-state index contributed by atoms with van der Waals surface area (Å²) in [6.07, 6.45) is 19.2. The molecule has 0 saturated heterocycles. The molecule has 3 heteroatoms. The van der Waals surface area contributed by atoms with E-state index in [1.165, 1.54) is 57.8 Å². The minimum absolute atomic E-state index is 0.0208. The SMILES string of the molecule is CCCCCC/C=C\CCCCCCCc1cccc(O)c1C(=O)OCC. The number of carbonyl (C=O) groups excluding carboxylic acids is 1. The Balaban J connectivity index is 2.16. The minimum atomic E-state index is -0.424. The fraction of sp³-hybridized carbons (Fsp3) is 0.625. The van der Waals surface area contributed by atoms with E-state index in [0.717, 1.165) is 24.8 Å². The molecule has 0 spiro atoms. The highest BCUT2D eigenvalue weighted by molar-refractivity contribution is 5.94. The molecular formula is C24H38O3. The molecule has 1 N–H and O–H groups in total. The van der Waals surface area contributed by atoms with E-state index in [9.17, 15) is 9.90 Å². The van der Waals surface area contributed by atoms with Crippen molar-refractivity contribution in [1.82, 2.24) is 0 Å². The first-order chi connectivity index (χ1) is 13.2. The van der Waals surface area contributed by atoms with Gasteiger partial charge in [-0.3, -0.25) is 0 Å². The molecule has 3 nitrogen and oxygen atoms in total. The van der Waals surface area contributed by atoms with E-state index in [-0.39, 0.29) is 5.75 Å². The molecule has 0 aliphatic rings. The van der Waals surface area contributed by atoms with Gasteiger partial charge in [0.05, 0.1) is 6.61 Å². The molecule has 1 rings (SSSR count). The van der Waals surface area contributed by atoms with Crippen molar-refractivity contribution in [2.75, 3.05) is 6.61 Å². The van der Waals surface area contributed by atoms with Gasteiger partial charge in [-0.2, -0.15) is 0 Å². The fourth-order valence-electron chi connectivity index (χ4n) is 3.27. The van der Waals surface area contributed by atoms with E-state index in [2.05, 4.69) is 19.1 Å². The van der Waals surface area contributed by atoms with E-state index in [4.69, 9.17) is 4.74 Å². The Bertz CT molecular complexity index is 549. The van der Waals surface area contributed by atoms with E-state index in [1.54, 1.807) is 19.1 Å². The molecule has 0 saturated carbocycles. The van der Waals surface area contributed by atoms with Gasteiger partial charge in [0, 0.05) is 0 Å². The molecule has 0 unspecified atom stereocenters. The molecule has 0 fully saturated rings. The second-order valence-corrected chi connectivity index (χ2v) is 7.16. The summed E-state index contributed by atoms with van der Waals surface area (Å²) < 4.78 is 5.06. The van der Waals surface area contributed by atoms with Gasteiger partial charge < -0.3 is 9.84 Å². The fourth-order valence-corrected chi connectivity index (χ4v) is 3.27. The number of unbranched alkanes of at least 4 members (excludes halogenated alkanes) is 9. The summed E-state index contributed by atoms with van der Waals surface area (Å²) in [6.45, 7) is 4.35. The number of hydrogen-bond acceptors (Lipinski definition) is 3. The number of rotatable bonds is 15. The number of phenols is 1.